The van der Waals surface area contributed by atoms with Gasteiger partial charge in [-0.1, -0.05) is 0 Å². The van der Waals surface area contributed by atoms with Crippen LogP contribution in [0.3, 0.4) is 0 Å². The van der Waals surface area contributed by atoms with E-state index in [2.05, 4.69) is 10.0 Å². The summed E-state index contributed by atoms with van der Waals surface area (Å²) >= 11 is 0. The Labute approximate surface area is 126 Å². The van der Waals surface area contributed by atoms with Crippen molar-refractivity contribution in [1.82, 2.24) is 10.2 Å². The van der Waals surface area contributed by atoms with Gasteiger partial charge in [-0.15, -0.1) is 0 Å². The predicted molar refractivity (Wildman–Crippen MR) is 83.5 cm³/mol. The van der Waals surface area contributed by atoms with Crippen LogP contribution >= 0.6 is 0 Å². The number of nitrogens with zero attached hydrogens (tertiary/aromatic N) is 1. The zero-order valence-electron chi connectivity index (χ0n) is 12.8. The van der Waals surface area contributed by atoms with Crippen molar-refractivity contribution in [3.63, 3.8) is 0 Å². The van der Waals surface area contributed by atoms with E-state index in [4.69, 9.17) is 9.47 Å². The van der Waals surface area contributed by atoms with Gasteiger partial charge in [0.05, 0.1) is 11.9 Å². The third-order valence-corrected chi connectivity index (χ3v) is 3.02. The molecule has 0 fully saturated rings. The number of benzene rings is 1. The van der Waals surface area contributed by atoms with E-state index in [1.54, 1.807) is 25.2 Å². The van der Waals surface area contributed by atoms with Crippen LogP contribution in [0.15, 0.2) is 18.2 Å². The second-order valence-corrected chi connectivity index (χ2v) is 6.58. The van der Waals surface area contributed by atoms with Crippen molar-refractivity contribution in [2.45, 2.75) is 0 Å². The fourth-order valence-electron chi connectivity index (χ4n) is 1.51. The summed E-state index contributed by atoms with van der Waals surface area (Å²) in [6, 6.07) is 4.92. The minimum absolute atomic E-state index is 0.336. The summed E-state index contributed by atoms with van der Waals surface area (Å²) in [4.78, 5) is 1.99. The normalized spacial score (nSPS) is 11.5. The fourth-order valence-corrected chi connectivity index (χ4v) is 2.06. The Balaban J connectivity index is 2.87. The number of hydrogen-bond acceptors (Lipinski definition) is 6. The van der Waals surface area contributed by atoms with Crippen LogP contribution in [-0.2, 0) is 10.0 Å². The topological polar surface area (TPSA) is 79.9 Å². The third-order valence-electron chi connectivity index (χ3n) is 2.42. The summed E-state index contributed by atoms with van der Waals surface area (Å²) in [6.45, 7) is 1.56. The maximum atomic E-state index is 11.3. The molecule has 1 rings (SSSR count). The molecule has 1 aromatic rings. The molecule has 0 aliphatic rings. The van der Waals surface area contributed by atoms with E-state index in [9.17, 15) is 8.42 Å². The molecule has 21 heavy (non-hydrogen) atoms. The lowest BCUT2D eigenvalue weighted by Crippen LogP contribution is -2.20. The van der Waals surface area contributed by atoms with Crippen molar-refractivity contribution in [1.29, 1.82) is 0 Å². The average Bonchev–Trinajstić information content (AvgIpc) is 2.35. The first-order chi connectivity index (χ1) is 9.81. The quantitative estimate of drug-likeness (QED) is 0.648. The summed E-state index contributed by atoms with van der Waals surface area (Å²) < 4.78 is 36.1. The molecule has 0 heterocycles. The Bertz CT molecular complexity index is 546. The average molecular weight is 317 g/mol. The molecule has 0 aliphatic heterocycles. The largest absolute Gasteiger partial charge is 0.488 e. The van der Waals surface area contributed by atoms with Crippen LogP contribution in [0.25, 0.3) is 0 Å². The van der Waals surface area contributed by atoms with Gasteiger partial charge in [0.2, 0.25) is 10.0 Å². The zero-order chi connectivity index (χ0) is 15.9. The fraction of sp³-hybridized carbons (Fsp3) is 0.538. The van der Waals surface area contributed by atoms with Gasteiger partial charge in [-0.25, -0.2) is 8.42 Å². The lowest BCUT2D eigenvalue weighted by molar-refractivity contribution is 0.236. The molecule has 0 unspecified atom stereocenters. The maximum Gasteiger partial charge on any atom is 0.229 e. The Hall–Kier alpha value is -1.51. The van der Waals surface area contributed by atoms with E-state index in [0.29, 0.717) is 30.5 Å². The Kier molecular flexibility index (Phi) is 6.73. The van der Waals surface area contributed by atoms with Crippen LogP contribution in [0.4, 0.5) is 5.69 Å². The van der Waals surface area contributed by atoms with Crippen molar-refractivity contribution >= 4 is 15.7 Å². The Morgan fingerprint density at radius 2 is 1.90 bits per heavy atom. The minimum atomic E-state index is -3.32. The van der Waals surface area contributed by atoms with Gasteiger partial charge in [0.25, 0.3) is 0 Å². The van der Waals surface area contributed by atoms with Gasteiger partial charge in [0.15, 0.2) is 11.5 Å². The van der Waals surface area contributed by atoms with Crippen LogP contribution in [0.5, 0.6) is 11.5 Å². The number of sulfonamides is 1. The first-order valence-electron chi connectivity index (χ1n) is 6.48. The zero-order valence-corrected chi connectivity index (χ0v) is 13.7. The van der Waals surface area contributed by atoms with E-state index in [1.807, 2.05) is 19.0 Å². The van der Waals surface area contributed by atoms with Gasteiger partial charge >= 0.3 is 0 Å². The van der Waals surface area contributed by atoms with Crippen LogP contribution < -0.4 is 19.5 Å². The molecule has 7 nitrogen and oxygen atoms in total. The summed E-state index contributed by atoms with van der Waals surface area (Å²) in [5, 5.41) is 2.87. The minimum Gasteiger partial charge on any atom is -0.488 e. The van der Waals surface area contributed by atoms with Crippen molar-refractivity contribution in [2.75, 3.05) is 52.0 Å². The lowest BCUT2D eigenvalue weighted by atomic mass is 10.3. The molecular weight excluding hydrogens is 294 g/mol. The van der Waals surface area contributed by atoms with Crippen LogP contribution in [-0.4, -0.2) is 60.6 Å². The molecule has 0 spiro atoms. The first-order valence-corrected chi connectivity index (χ1v) is 8.37. The highest BCUT2D eigenvalue weighted by molar-refractivity contribution is 7.92. The molecule has 8 heteroatoms. The SMILES string of the molecule is CNCOc1ccc(NS(C)(=O)=O)cc1OCCN(C)C. The van der Waals surface area contributed by atoms with E-state index in [-0.39, 0.29) is 0 Å². The highest BCUT2D eigenvalue weighted by Gasteiger charge is 2.09. The molecule has 0 saturated carbocycles. The van der Waals surface area contributed by atoms with Crippen LogP contribution in [0.2, 0.25) is 0 Å². The van der Waals surface area contributed by atoms with Crippen molar-refractivity contribution in [2.24, 2.45) is 0 Å². The van der Waals surface area contributed by atoms with Gasteiger partial charge in [0.1, 0.15) is 13.3 Å². The Morgan fingerprint density at radius 1 is 1.19 bits per heavy atom. The molecule has 0 saturated heterocycles. The second kappa shape index (κ2) is 8.06. The molecule has 0 aromatic heterocycles. The number of hydrogen-bond donors (Lipinski definition) is 2. The molecule has 0 bridgehead atoms. The molecular formula is C13H23N3O4S. The number of likely N-dealkylation sites (N-methyl/N-ethyl adjacent to an activating group) is 1. The van der Waals surface area contributed by atoms with Crippen molar-refractivity contribution in [3.8, 4) is 11.5 Å². The molecule has 1 aromatic carbocycles. The van der Waals surface area contributed by atoms with Gasteiger partial charge in [0, 0.05) is 12.6 Å². The molecule has 2 N–H and O–H groups in total. The number of ether oxygens (including phenoxy) is 2. The molecule has 0 aliphatic carbocycles. The highest BCUT2D eigenvalue weighted by Crippen LogP contribution is 2.30. The summed E-state index contributed by atoms with van der Waals surface area (Å²) in [5.41, 5.74) is 0.439. The monoisotopic (exact) mass is 317 g/mol. The molecule has 0 radical (unpaired) electrons. The number of nitrogens with one attached hydrogen (secondary N) is 2. The Morgan fingerprint density at radius 3 is 2.48 bits per heavy atom. The van der Waals surface area contributed by atoms with Crippen LogP contribution in [0, 0.1) is 0 Å². The molecule has 120 valence electrons. The van der Waals surface area contributed by atoms with Gasteiger partial charge in [-0.05, 0) is 33.3 Å². The maximum absolute atomic E-state index is 11.3. The van der Waals surface area contributed by atoms with Gasteiger partial charge < -0.3 is 14.4 Å². The van der Waals surface area contributed by atoms with Crippen LogP contribution in [0.1, 0.15) is 0 Å². The van der Waals surface area contributed by atoms with E-state index in [0.717, 1.165) is 12.8 Å². The number of anilines is 1. The summed E-state index contributed by atoms with van der Waals surface area (Å²) in [6.07, 6.45) is 1.10. The molecule has 0 atom stereocenters. The van der Waals surface area contributed by atoms with Crippen molar-refractivity contribution < 1.29 is 17.9 Å². The second-order valence-electron chi connectivity index (χ2n) is 4.83. The third kappa shape index (κ3) is 7.16. The standard InChI is InChI=1S/C13H23N3O4S/c1-14-10-20-12-6-5-11(15-21(4,17)18)9-13(12)19-8-7-16(2)3/h5-6,9,14-15H,7-8,10H2,1-4H3. The number of rotatable bonds is 9. The predicted octanol–water partition coefficient (Wildman–Crippen LogP) is 0.554. The lowest BCUT2D eigenvalue weighted by Gasteiger charge is -2.16. The molecule has 0 amide bonds. The summed E-state index contributed by atoms with van der Waals surface area (Å²) in [5.74, 6) is 1.06. The van der Waals surface area contributed by atoms with Gasteiger partial charge in [-0.3, -0.25) is 10.0 Å². The summed E-state index contributed by atoms with van der Waals surface area (Å²) in [7, 11) is 2.34. The van der Waals surface area contributed by atoms with E-state index in [1.165, 1.54) is 0 Å². The highest BCUT2D eigenvalue weighted by atomic mass is 32.2. The van der Waals surface area contributed by atoms with E-state index >= 15 is 0 Å². The smallest absolute Gasteiger partial charge is 0.229 e. The van der Waals surface area contributed by atoms with Gasteiger partial charge in [-0.2, -0.15) is 0 Å². The van der Waals surface area contributed by atoms with E-state index < -0.39 is 10.0 Å². The van der Waals surface area contributed by atoms with Crippen molar-refractivity contribution in [3.05, 3.63) is 18.2 Å². The first kappa shape index (κ1) is 17.5.